The predicted octanol–water partition coefficient (Wildman–Crippen LogP) is 3.37. The molecule has 0 bridgehead atoms. The zero-order valence-corrected chi connectivity index (χ0v) is 15.2. The van der Waals surface area contributed by atoms with Crippen LogP contribution in [0.4, 0.5) is 0 Å². The van der Waals surface area contributed by atoms with Gasteiger partial charge in [-0.15, -0.1) is 0 Å². The lowest BCUT2D eigenvalue weighted by Crippen LogP contribution is -2.22. The Morgan fingerprint density at radius 3 is 1.59 bits per heavy atom. The second-order valence-electron chi connectivity index (χ2n) is 6.57. The topological polar surface area (TPSA) is 104 Å². The van der Waals surface area contributed by atoms with Gasteiger partial charge in [-0.2, -0.15) is 0 Å². The summed E-state index contributed by atoms with van der Waals surface area (Å²) in [6.45, 7) is 0. The summed E-state index contributed by atoms with van der Waals surface area (Å²) in [7, 11) is 1.56. The third-order valence-corrected chi connectivity index (χ3v) is 4.62. The van der Waals surface area contributed by atoms with Crippen LogP contribution in [0.1, 0.15) is 24.0 Å². The van der Waals surface area contributed by atoms with Gasteiger partial charge in [0.15, 0.2) is 0 Å². The second kappa shape index (κ2) is 9.62. The van der Waals surface area contributed by atoms with E-state index >= 15 is 0 Å². The smallest absolute Gasteiger partial charge is 0.306 e. The highest BCUT2D eigenvalue weighted by Crippen LogP contribution is 2.23. The summed E-state index contributed by atoms with van der Waals surface area (Å²) in [5, 5.41) is 28.3. The van der Waals surface area contributed by atoms with Gasteiger partial charge < -0.3 is 20.1 Å². The largest absolute Gasteiger partial charge is 0.508 e. The zero-order chi connectivity index (χ0) is 19.8. The minimum absolute atomic E-state index is 0.121. The van der Waals surface area contributed by atoms with Gasteiger partial charge in [0.25, 0.3) is 0 Å². The molecule has 3 N–H and O–H groups in total. The van der Waals surface area contributed by atoms with Gasteiger partial charge in [0.05, 0.1) is 18.9 Å². The third-order valence-electron chi connectivity index (χ3n) is 4.62. The van der Waals surface area contributed by atoms with E-state index in [2.05, 4.69) is 0 Å². The predicted molar refractivity (Wildman–Crippen MR) is 100.0 cm³/mol. The van der Waals surface area contributed by atoms with Crippen molar-refractivity contribution in [3.05, 3.63) is 59.7 Å². The quantitative estimate of drug-likeness (QED) is 0.591. The SMILES string of the molecule is COc1ccc(CC(CCC(Cc2ccc(O)cc2)C(=O)O)C(=O)O)cc1. The van der Waals surface area contributed by atoms with Gasteiger partial charge >= 0.3 is 11.9 Å². The maximum Gasteiger partial charge on any atom is 0.306 e. The molecular weight excluding hydrogens is 348 g/mol. The molecule has 0 fully saturated rings. The average Bonchev–Trinajstić information content (AvgIpc) is 2.65. The summed E-state index contributed by atoms with van der Waals surface area (Å²) >= 11 is 0. The Balaban J connectivity index is 1.99. The maximum atomic E-state index is 11.6. The molecule has 0 saturated heterocycles. The summed E-state index contributed by atoms with van der Waals surface area (Å²) < 4.78 is 5.09. The van der Waals surface area contributed by atoms with E-state index in [0.29, 0.717) is 18.6 Å². The number of phenolic OH excluding ortho intramolecular Hbond substituents is 1. The van der Waals surface area contributed by atoms with E-state index in [-0.39, 0.29) is 18.6 Å². The Morgan fingerprint density at radius 1 is 0.815 bits per heavy atom. The number of methoxy groups -OCH3 is 1. The molecular formula is C21H24O6. The van der Waals surface area contributed by atoms with Gasteiger partial charge in [0, 0.05) is 0 Å². The van der Waals surface area contributed by atoms with Crippen LogP contribution in [0.5, 0.6) is 11.5 Å². The van der Waals surface area contributed by atoms with Crippen LogP contribution < -0.4 is 4.74 Å². The van der Waals surface area contributed by atoms with E-state index in [4.69, 9.17) is 4.74 Å². The minimum Gasteiger partial charge on any atom is -0.508 e. The number of phenols is 1. The van der Waals surface area contributed by atoms with E-state index in [0.717, 1.165) is 11.1 Å². The van der Waals surface area contributed by atoms with E-state index in [1.54, 1.807) is 31.4 Å². The fraction of sp³-hybridized carbons (Fsp3) is 0.333. The Morgan fingerprint density at radius 2 is 1.22 bits per heavy atom. The molecule has 2 aromatic carbocycles. The lowest BCUT2D eigenvalue weighted by Gasteiger charge is -2.17. The van der Waals surface area contributed by atoms with E-state index < -0.39 is 23.8 Å². The number of carbonyl (C=O) groups is 2. The number of benzene rings is 2. The van der Waals surface area contributed by atoms with Gasteiger partial charge in [-0.3, -0.25) is 9.59 Å². The van der Waals surface area contributed by atoms with Crippen LogP contribution in [0, 0.1) is 11.8 Å². The van der Waals surface area contributed by atoms with Crippen molar-refractivity contribution < 1.29 is 29.6 Å². The molecule has 0 spiro atoms. The number of ether oxygens (including phenoxy) is 1. The lowest BCUT2D eigenvalue weighted by molar-refractivity contribution is -0.145. The maximum absolute atomic E-state index is 11.6. The number of carboxylic acids is 2. The molecule has 0 amide bonds. The molecule has 0 radical (unpaired) electrons. The number of aromatic hydroxyl groups is 1. The third kappa shape index (κ3) is 6.33. The van der Waals surface area contributed by atoms with Crippen molar-refractivity contribution in [1.82, 2.24) is 0 Å². The fourth-order valence-electron chi connectivity index (χ4n) is 2.99. The van der Waals surface area contributed by atoms with Crippen LogP contribution in [0.2, 0.25) is 0 Å². The fourth-order valence-corrected chi connectivity index (χ4v) is 2.99. The van der Waals surface area contributed by atoms with E-state index in [9.17, 15) is 24.9 Å². The first kappa shape index (κ1) is 20.3. The highest BCUT2D eigenvalue weighted by molar-refractivity contribution is 5.72. The van der Waals surface area contributed by atoms with Crippen molar-refractivity contribution in [3.8, 4) is 11.5 Å². The highest BCUT2D eigenvalue weighted by Gasteiger charge is 2.24. The van der Waals surface area contributed by atoms with Crippen LogP contribution in [-0.4, -0.2) is 34.4 Å². The molecule has 6 nitrogen and oxygen atoms in total. The van der Waals surface area contributed by atoms with E-state index in [1.165, 1.54) is 12.1 Å². The van der Waals surface area contributed by atoms with Gasteiger partial charge in [0.2, 0.25) is 0 Å². The summed E-state index contributed by atoms with van der Waals surface area (Å²) in [5.41, 5.74) is 1.66. The van der Waals surface area contributed by atoms with Crippen LogP contribution in [0.15, 0.2) is 48.5 Å². The molecule has 0 aliphatic rings. The Bertz CT molecular complexity index is 751. The van der Waals surface area contributed by atoms with Crippen molar-refractivity contribution in [2.24, 2.45) is 11.8 Å². The number of carboxylic acid groups (broad SMARTS) is 2. The number of rotatable bonds is 10. The molecule has 0 saturated carbocycles. The first-order chi connectivity index (χ1) is 12.9. The Kier molecular flexibility index (Phi) is 7.23. The van der Waals surface area contributed by atoms with Crippen molar-refractivity contribution >= 4 is 11.9 Å². The Labute approximate surface area is 158 Å². The number of hydrogen-bond acceptors (Lipinski definition) is 4. The summed E-state index contributed by atoms with van der Waals surface area (Å²) in [6.07, 6.45) is 1.18. The standard InChI is InChI=1S/C21H24O6/c1-27-19-10-4-15(5-11-19)13-17(21(25)26)7-6-16(20(23)24)12-14-2-8-18(22)9-3-14/h2-5,8-11,16-17,22H,6-7,12-13H2,1H3,(H,23,24)(H,25,26). The zero-order valence-electron chi connectivity index (χ0n) is 15.2. The molecule has 2 rings (SSSR count). The molecule has 0 aliphatic heterocycles. The number of hydrogen-bond donors (Lipinski definition) is 3. The normalized spacial score (nSPS) is 12.9. The Hall–Kier alpha value is -3.02. The molecule has 0 aliphatic carbocycles. The van der Waals surface area contributed by atoms with Crippen LogP contribution in [0.25, 0.3) is 0 Å². The van der Waals surface area contributed by atoms with Crippen LogP contribution in [-0.2, 0) is 22.4 Å². The monoisotopic (exact) mass is 372 g/mol. The molecule has 144 valence electrons. The summed E-state index contributed by atoms with van der Waals surface area (Å²) in [5.74, 6) is -2.38. The second-order valence-corrected chi connectivity index (χ2v) is 6.57. The first-order valence-corrected chi connectivity index (χ1v) is 8.75. The van der Waals surface area contributed by atoms with Gasteiger partial charge in [0.1, 0.15) is 11.5 Å². The van der Waals surface area contributed by atoms with Gasteiger partial charge in [-0.05, 0) is 61.1 Å². The molecule has 2 atom stereocenters. The van der Waals surface area contributed by atoms with Gasteiger partial charge in [-0.25, -0.2) is 0 Å². The minimum atomic E-state index is -0.948. The van der Waals surface area contributed by atoms with Gasteiger partial charge in [-0.1, -0.05) is 24.3 Å². The molecule has 2 aromatic rings. The molecule has 27 heavy (non-hydrogen) atoms. The summed E-state index contributed by atoms with van der Waals surface area (Å²) in [4.78, 5) is 23.2. The number of aliphatic carboxylic acids is 2. The lowest BCUT2D eigenvalue weighted by atomic mass is 9.88. The molecule has 0 heterocycles. The van der Waals surface area contributed by atoms with E-state index in [1.807, 2.05) is 12.1 Å². The van der Waals surface area contributed by atoms with Crippen LogP contribution in [0.3, 0.4) is 0 Å². The van der Waals surface area contributed by atoms with Crippen molar-refractivity contribution in [2.45, 2.75) is 25.7 Å². The van der Waals surface area contributed by atoms with Crippen LogP contribution >= 0.6 is 0 Å². The molecule has 2 unspecified atom stereocenters. The molecule has 0 aromatic heterocycles. The summed E-state index contributed by atoms with van der Waals surface area (Å²) in [6, 6.07) is 13.6. The van der Waals surface area contributed by atoms with Crippen molar-refractivity contribution in [2.75, 3.05) is 7.11 Å². The molecule has 6 heteroatoms. The average molecular weight is 372 g/mol. The van der Waals surface area contributed by atoms with Crippen molar-refractivity contribution in [3.63, 3.8) is 0 Å². The first-order valence-electron chi connectivity index (χ1n) is 8.75. The highest BCUT2D eigenvalue weighted by atomic mass is 16.5. The van der Waals surface area contributed by atoms with Crippen molar-refractivity contribution in [1.29, 1.82) is 0 Å².